The predicted octanol–water partition coefficient (Wildman–Crippen LogP) is -0.718. The number of primary amides is 1. The second-order valence-corrected chi connectivity index (χ2v) is 6.57. The fourth-order valence-electron chi connectivity index (χ4n) is 2.33. The van der Waals surface area contributed by atoms with Gasteiger partial charge < -0.3 is 16.0 Å². The zero-order valence-corrected chi connectivity index (χ0v) is 11.5. The van der Waals surface area contributed by atoms with Crippen LogP contribution in [0, 0.1) is 0 Å². The highest BCUT2D eigenvalue weighted by Gasteiger charge is 2.29. The van der Waals surface area contributed by atoms with Crippen LogP contribution in [0.1, 0.15) is 29.8 Å². The lowest BCUT2D eigenvalue weighted by molar-refractivity contribution is 0.0992. The largest absolute Gasteiger partial charge is 0.364 e. The number of nitrogens with two attached hydrogens (primary N) is 2. The molecule has 1 saturated carbocycles. The SMILES string of the molecule is Cn1cc(S(=O)(=O)NC2CCCC2N)cc1C(N)=O. The van der Waals surface area contributed by atoms with Crippen LogP contribution in [0.25, 0.3) is 0 Å². The van der Waals surface area contributed by atoms with E-state index in [9.17, 15) is 13.2 Å². The molecule has 8 heteroatoms. The summed E-state index contributed by atoms with van der Waals surface area (Å²) in [5.74, 6) is -0.665. The number of hydrogen-bond donors (Lipinski definition) is 3. The first kappa shape index (κ1) is 14.0. The molecule has 2 unspecified atom stereocenters. The van der Waals surface area contributed by atoms with Gasteiger partial charge in [0, 0.05) is 25.3 Å². The average molecular weight is 286 g/mol. The fraction of sp³-hybridized carbons (Fsp3) is 0.545. The van der Waals surface area contributed by atoms with Crippen LogP contribution in [-0.4, -0.2) is 31.0 Å². The van der Waals surface area contributed by atoms with Crippen molar-refractivity contribution in [2.24, 2.45) is 18.5 Å². The Morgan fingerprint density at radius 2 is 2.16 bits per heavy atom. The fourth-order valence-corrected chi connectivity index (χ4v) is 3.72. The molecule has 1 aromatic rings. The van der Waals surface area contributed by atoms with E-state index in [1.807, 2.05) is 0 Å². The summed E-state index contributed by atoms with van der Waals surface area (Å²) in [5.41, 5.74) is 11.2. The Bertz CT molecular complexity index is 593. The van der Waals surface area contributed by atoms with Gasteiger partial charge in [-0.15, -0.1) is 0 Å². The lowest BCUT2D eigenvalue weighted by Crippen LogP contribution is -2.43. The maximum atomic E-state index is 12.2. The third kappa shape index (κ3) is 2.80. The van der Waals surface area contributed by atoms with Crippen LogP contribution >= 0.6 is 0 Å². The number of rotatable bonds is 4. The molecular weight excluding hydrogens is 268 g/mol. The van der Waals surface area contributed by atoms with Gasteiger partial charge in [0.1, 0.15) is 10.6 Å². The topological polar surface area (TPSA) is 120 Å². The molecular formula is C11H18N4O3S. The number of sulfonamides is 1. The first-order chi connectivity index (χ1) is 8.81. The van der Waals surface area contributed by atoms with E-state index in [4.69, 9.17) is 11.5 Å². The first-order valence-corrected chi connectivity index (χ1v) is 7.53. The van der Waals surface area contributed by atoms with Crippen LogP contribution in [0.4, 0.5) is 0 Å². The van der Waals surface area contributed by atoms with E-state index in [1.54, 1.807) is 7.05 Å². The monoisotopic (exact) mass is 286 g/mol. The maximum absolute atomic E-state index is 12.2. The Balaban J connectivity index is 2.24. The number of aromatic nitrogens is 1. The van der Waals surface area contributed by atoms with Crippen molar-refractivity contribution in [2.75, 3.05) is 0 Å². The molecule has 5 N–H and O–H groups in total. The standard InChI is InChI=1S/C11H18N4O3S/c1-15-6-7(5-10(15)11(13)16)19(17,18)14-9-4-2-3-8(9)12/h5-6,8-9,14H,2-4,12H2,1H3,(H2,13,16). The summed E-state index contributed by atoms with van der Waals surface area (Å²) in [6, 6.07) is 0.863. The molecule has 0 aliphatic heterocycles. The predicted molar refractivity (Wildman–Crippen MR) is 69.9 cm³/mol. The van der Waals surface area contributed by atoms with Crippen molar-refractivity contribution in [3.63, 3.8) is 0 Å². The van der Waals surface area contributed by atoms with Gasteiger partial charge in [-0.1, -0.05) is 6.42 Å². The van der Waals surface area contributed by atoms with Gasteiger partial charge in [-0.05, 0) is 18.9 Å². The average Bonchev–Trinajstić information content (AvgIpc) is 2.86. The van der Waals surface area contributed by atoms with Crippen LogP contribution in [0.3, 0.4) is 0 Å². The lowest BCUT2D eigenvalue weighted by Gasteiger charge is -2.16. The van der Waals surface area contributed by atoms with Crippen LogP contribution in [0.2, 0.25) is 0 Å². The molecule has 1 heterocycles. The van der Waals surface area contributed by atoms with Crippen molar-refractivity contribution in [3.05, 3.63) is 18.0 Å². The molecule has 2 atom stereocenters. The Hall–Kier alpha value is -1.38. The molecule has 1 aliphatic rings. The molecule has 19 heavy (non-hydrogen) atoms. The minimum Gasteiger partial charge on any atom is -0.364 e. The van der Waals surface area contributed by atoms with Crippen molar-refractivity contribution >= 4 is 15.9 Å². The Morgan fingerprint density at radius 1 is 1.47 bits per heavy atom. The van der Waals surface area contributed by atoms with Crippen molar-refractivity contribution < 1.29 is 13.2 Å². The van der Waals surface area contributed by atoms with Crippen LogP contribution in [0.5, 0.6) is 0 Å². The number of nitrogens with zero attached hydrogens (tertiary/aromatic N) is 1. The van der Waals surface area contributed by atoms with Gasteiger partial charge in [0.05, 0.1) is 0 Å². The summed E-state index contributed by atoms with van der Waals surface area (Å²) in [4.78, 5) is 11.2. The second kappa shape index (κ2) is 4.95. The number of aryl methyl sites for hydroxylation is 1. The van der Waals surface area contributed by atoms with Crippen LogP contribution in [0.15, 0.2) is 17.2 Å². The summed E-state index contributed by atoms with van der Waals surface area (Å²) in [6.45, 7) is 0. The Labute approximate surface area is 112 Å². The van der Waals surface area contributed by atoms with Crippen molar-refractivity contribution in [1.82, 2.24) is 9.29 Å². The molecule has 1 aliphatic carbocycles. The number of nitrogens with one attached hydrogen (secondary N) is 1. The van der Waals surface area contributed by atoms with E-state index >= 15 is 0 Å². The highest BCUT2D eigenvalue weighted by Crippen LogP contribution is 2.20. The van der Waals surface area contributed by atoms with Gasteiger partial charge in [0.15, 0.2) is 0 Å². The summed E-state index contributed by atoms with van der Waals surface area (Å²) in [6.07, 6.45) is 3.82. The number of carbonyl (C=O) groups excluding carboxylic acids is 1. The highest BCUT2D eigenvalue weighted by atomic mass is 32.2. The van der Waals surface area contributed by atoms with Crippen LogP contribution < -0.4 is 16.2 Å². The minimum atomic E-state index is -3.67. The van der Waals surface area contributed by atoms with Crippen molar-refractivity contribution in [2.45, 2.75) is 36.2 Å². The Morgan fingerprint density at radius 3 is 2.63 bits per heavy atom. The molecule has 106 valence electrons. The van der Waals surface area contributed by atoms with E-state index in [0.717, 1.165) is 19.3 Å². The zero-order valence-electron chi connectivity index (χ0n) is 10.7. The second-order valence-electron chi connectivity index (χ2n) is 4.86. The minimum absolute atomic E-state index is 0.0305. The summed E-state index contributed by atoms with van der Waals surface area (Å²) in [7, 11) is -2.10. The van der Waals surface area contributed by atoms with Gasteiger partial charge >= 0.3 is 0 Å². The smallest absolute Gasteiger partial charge is 0.265 e. The summed E-state index contributed by atoms with van der Waals surface area (Å²) >= 11 is 0. The molecule has 1 aromatic heterocycles. The zero-order chi connectivity index (χ0) is 14.2. The maximum Gasteiger partial charge on any atom is 0.265 e. The van der Waals surface area contributed by atoms with Crippen molar-refractivity contribution in [3.8, 4) is 0 Å². The number of hydrogen-bond acceptors (Lipinski definition) is 4. The van der Waals surface area contributed by atoms with Crippen molar-refractivity contribution in [1.29, 1.82) is 0 Å². The highest BCUT2D eigenvalue weighted by molar-refractivity contribution is 7.89. The van der Waals surface area contributed by atoms with Gasteiger partial charge in [0.25, 0.3) is 5.91 Å². The van der Waals surface area contributed by atoms with E-state index in [1.165, 1.54) is 16.8 Å². The van der Waals surface area contributed by atoms with E-state index in [0.29, 0.717) is 0 Å². The quantitative estimate of drug-likeness (QED) is 0.676. The third-order valence-corrected chi connectivity index (χ3v) is 4.88. The van der Waals surface area contributed by atoms with E-state index < -0.39 is 15.9 Å². The number of amides is 1. The molecule has 2 rings (SSSR count). The van der Waals surface area contributed by atoms with Crippen LogP contribution in [-0.2, 0) is 17.1 Å². The van der Waals surface area contributed by atoms with E-state index in [2.05, 4.69) is 4.72 Å². The molecule has 1 amide bonds. The molecule has 7 nitrogen and oxygen atoms in total. The molecule has 0 radical (unpaired) electrons. The van der Waals surface area contributed by atoms with Gasteiger partial charge in [0.2, 0.25) is 10.0 Å². The van der Waals surface area contributed by atoms with E-state index in [-0.39, 0.29) is 22.7 Å². The summed E-state index contributed by atoms with van der Waals surface area (Å²) in [5, 5.41) is 0. The molecule has 0 spiro atoms. The molecule has 0 saturated heterocycles. The Kier molecular flexibility index (Phi) is 3.66. The van der Waals surface area contributed by atoms with Gasteiger partial charge in [-0.3, -0.25) is 4.79 Å². The molecule has 1 fully saturated rings. The summed E-state index contributed by atoms with van der Waals surface area (Å²) < 4.78 is 28.4. The third-order valence-electron chi connectivity index (χ3n) is 3.42. The van der Waals surface area contributed by atoms with Gasteiger partial charge in [-0.2, -0.15) is 0 Å². The lowest BCUT2D eigenvalue weighted by atomic mass is 10.2. The normalized spacial score (nSPS) is 23.7. The molecule has 0 bridgehead atoms. The molecule has 0 aromatic carbocycles. The van der Waals surface area contributed by atoms with Gasteiger partial charge in [-0.25, -0.2) is 13.1 Å². The number of carbonyl (C=O) groups is 1. The first-order valence-electron chi connectivity index (χ1n) is 6.05.